The largest absolute Gasteiger partial charge is 0.389 e. The lowest BCUT2D eigenvalue weighted by Crippen LogP contribution is -2.46. The highest BCUT2D eigenvalue weighted by molar-refractivity contribution is 5.79. The average Bonchev–Trinajstić information content (AvgIpc) is 2.00. The van der Waals surface area contributed by atoms with Gasteiger partial charge in [-0.2, -0.15) is 0 Å². The molecule has 78 valence electrons. The summed E-state index contributed by atoms with van der Waals surface area (Å²) in [6.45, 7) is 5.83. The molecule has 0 aliphatic rings. The summed E-state index contributed by atoms with van der Waals surface area (Å²) >= 11 is 0. The van der Waals surface area contributed by atoms with Crippen molar-refractivity contribution in [2.75, 3.05) is 6.54 Å². The molecule has 0 aliphatic carbocycles. The van der Waals surface area contributed by atoms with E-state index >= 15 is 0 Å². The van der Waals surface area contributed by atoms with E-state index in [9.17, 15) is 9.90 Å². The van der Waals surface area contributed by atoms with Crippen molar-refractivity contribution in [2.24, 2.45) is 5.73 Å². The van der Waals surface area contributed by atoms with E-state index in [1.165, 1.54) is 0 Å². The summed E-state index contributed by atoms with van der Waals surface area (Å²) in [5.74, 6) is -0.396. The normalized spacial score (nSPS) is 17.8. The number of carbonyl (C=O) groups is 1. The van der Waals surface area contributed by atoms with Crippen molar-refractivity contribution >= 4 is 5.91 Å². The summed E-state index contributed by atoms with van der Waals surface area (Å²) in [6, 6.07) is -0.386. The van der Waals surface area contributed by atoms with Crippen LogP contribution in [0.2, 0.25) is 0 Å². The summed E-state index contributed by atoms with van der Waals surface area (Å²) in [7, 11) is 0. The van der Waals surface area contributed by atoms with Gasteiger partial charge in [-0.1, -0.05) is 13.3 Å². The molecule has 0 spiro atoms. The highest BCUT2D eigenvalue weighted by atomic mass is 16.3. The third-order valence-electron chi connectivity index (χ3n) is 2.00. The fourth-order valence-electron chi connectivity index (χ4n) is 1.10. The molecule has 2 unspecified atom stereocenters. The van der Waals surface area contributed by atoms with Gasteiger partial charge < -0.3 is 16.2 Å². The van der Waals surface area contributed by atoms with E-state index in [0.29, 0.717) is 13.0 Å². The molecule has 0 aromatic carbocycles. The molecule has 13 heavy (non-hydrogen) atoms. The van der Waals surface area contributed by atoms with Crippen LogP contribution >= 0.6 is 0 Å². The Hall–Kier alpha value is -0.610. The molecule has 0 bridgehead atoms. The van der Waals surface area contributed by atoms with Gasteiger partial charge in [0, 0.05) is 6.54 Å². The number of hydrogen-bond donors (Lipinski definition) is 3. The van der Waals surface area contributed by atoms with Crippen molar-refractivity contribution in [1.29, 1.82) is 0 Å². The molecule has 0 saturated carbocycles. The Morgan fingerprint density at radius 1 is 1.69 bits per heavy atom. The number of carbonyl (C=O) groups excluding carboxylic acids is 1. The number of rotatable bonds is 6. The Bertz CT molecular complexity index is 169. The first-order chi connectivity index (χ1) is 5.89. The Labute approximate surface area is 79.5 Å². The monoisotopic (exact) mass is 188 g/mol. The molecule has 0 rings (SSSR count). The standard InChI is InChI=1S/C9H20N2O2/c1-4-5-9(3,13)6-11-7(2)8(10)12/h7,11,13H,4-6H2,1-3H3,(H2,10,12). The lowest BCUT2D eigenvalue weighted by molar-refractivity contribution is -0.119. The van der Waals surface area contributed by atoms with Crippen LogP contribution in [0, 0.1) is 0 Å². The number of aliphatic hydroxyl groups is 1. The second-order valence-electron chi connectivity index (χ2n) is 3.75. The van der Waals surface area contributed by atoms with Crippen molar-refractivity contribution in [2.45, 2.75) is 45.3 Å². The van der Waals surface area contributed by atoms with Crippen LogP contribution in [0.1, 0.15) is 33.6 Å². The molecule has 0 radical (unpaired) electrons. The molecule has 4 N–H and O–H groups in total. The summed E-state index contributed by atoms with van der Waals surface area (Å²) in [6.07, 6.45) is 1.63. The molecule has 0 fully saturated rings. The first kappa shape index (κ1) is 12.4. The highest BCUT2D eigenvalue weighted by Gasteiger charge is 2.20. The molecule has 4 nitrogen and oxygen atoms in total. The molecule has 0 heterocycles. The van der Waals surface area contributed by atoms with Gasteiger partial charge >= 0.3 is 0 Å². The van der Waals surface area contributed by atoms with Gasteiger partial charge in [0.2, 0.25) is 5.91 Å². The first-order valence-corrected chi connectivity index (χ1v) is 4.64. The van der Waals surface area contributed by atoms with Crippen molar-refractivity contribution in [1.82, 2.24) is 5.32 Å². The van der Waals surface area contributed by atoms with E-state index in [-0.39, 0.29) is 6.04 Å². The van der Waals surface area contributed by atoms with Crippen molar-refractivity contribution in [3.63, 3.8) is 0 Å². The van der Waals surface area contributed by atoms with Gasteiger partial charge in [-0.3, -0.25) is 4.79 Å². The van der Waals surface area contributed by atoms with Crippen molar-refractivity contribution in [3.8, 4) is 0 Å². The van der Waals surface area contributed by atoms with Crippen LogP contribution in [0.15, 0.2) is 0 Å². The number of amides is 1. The topological polar surface area (TPSA) is 75.3 Å². The van der Waals surface area contributed by atoms with E-state index in [2.05, 4.69) is 5.32 Å². The Morgan fingerprint density at radius 3 is 2.62 bits per heavy atom. The van der Waals surface area contributed by atoms with Crippen molar-refractivity contribution < 1.29 is 9.90 Å². The molecule has 0 aromatic rings. The minimum Gasteiger partial charge on any atom is -0.389 e. The lowest BCUT2D eigenvalue weighted by Gasteiger charge is -2.24. The van der Waals surface area contributed by atoms with Crippen molar-refractivity contribution in [3.05, 3.63) is 0 Å². The molecular formula is C9H20N2O2. The maximum atomic E-state index is 10.7. The molecule has 0 saturated heterocycles. The Morgan fingerprint density at radius 2 is 2.23 bits per heavy atom. The van der Waals surface area contributed by atoms with Gasteiger partial charge in [0.15, 0.2) is 0 Å². The number of primary amides is 1. The van der Waals surface area contributed by atoms with Gasteiger partial charge in [0.05, 0.1) is 11.6 Å². The van der Waals surface area contributed by atoms with Crippen LogP contribution < -0.4 is 11.1 Å². The van der Waals surface area contributed by atoms with E-state index in [1.807, 2.05) is 6.92 Å². The van der Waals surface area contributed by atoms with Crippen LogP contribution in [0.4, 0.5) is 0 Å². The van der Waals surface area contributed by atoms with E-state index in [4.69, 9.17) is 5.73 Å². The molecule has 4 heteroatoms. The minimum absolute atomic E-state index is 0.386. The molecule has 0 aromatic heterocycles. The fraction of sp³-hybridized carbons (Fsp3) is 0.889. The smallest absolute Gasteiger partial charge is 0.234 e. The number of nitrogens with two attached hydrogens (primary N) is 1. The third-order valence-corrected chi connectivity index (χ3v) is 2.00. The first-order valence-electron chi connectivity index (χ1n) is 4.64. The average molecular weight is 188 g/mol. The minimum atomic E-state index is -0.752. The summed E-state index contributed by atoms with van der Waals surface area (Å²) in [5.41, 5.74) is 4.30. The van der Waals surface area contributed by atoms with Crippen LogP contribution in [0.3, 0.4) is 0 Å². The summed E-state index contributed by atoms with van der Waals surface area (Å²) in [5, 5.41) is 12.6. The van der Waals surface area contributed by atoms with E-state index in [0.717, 1.165) is 6.42 Å². The van der Waals surface area contributed by atoms with Crippen LogP contribution in [0.25, 0.3) is 0 Å². The maximum absolute atomic E-state index is 10.7. The van der Waals surface area contributed by atoms with Gasteiger partial charge in [-0.25, -0.2) is 0 Å². The Kier molecular flexibility index (Phi) is 4.95. The zero-order chi connectivity index (χ0) is 10.5. The van der Waals surface area contributed by atoms with E-state index < -0.39 is 11.5 Å². The predicted molar refractivity (Wildman–Crippen MR) is 52.2 cm³/mol. The second kappa shape index (κ2) is 5.19. The lowest BCUT2D eigenvalue weighted by atomic mass is 10.0. The van der Waals surface area contributed by atoms with Gasteiger partial charge in [-0.15, -0.1) is 0 Å². The molecular weight excluding hydrogens is 168 g/mol. The quantitative estimate of drug-likeness (QED) is 0.549. The fourth-order valence-corrected chi connectivity index (χ4v) is 1.10. The predicted octanol–water partition coefficient (Wildman–Crippen LogP) is 0.000900. The van der Waals surface area contributed by atoms with Crippen LogP contribution in [-0.4, -0.2) is 29.2 Å². The van der Waals surface area contributed by atoms with Gasteiger partial charge in [0.25, 0.3) is 0 Å². The summed E-state index contributed by atoms with van der Waals surface area (Å²) in [4.78, 5) is 10.7. The third kappa shape index (κ3) is 5.60. The molecule has 1 amide bonds. The van der Waals surface area contributed by atoms with Crippen LogP contribution in [-0.2, 0) is 4.79 Å². The van der Waals surface area contributed by atoms with Gasteiger partial charge in [-0.05, 0) is 20.3 Å². The Balaban J connectivity index is 3.80. The SMILES string of the molecule is CCCC(C)(O)CNC(C)C(N)=O. The van der Waals surface area contributed by atoms with E-state index in [1.54, 1.807) is 13.8 Å². The number of hydrogen-bond acceptors (Lipinski definition) is 3. The number of nitrogens with one attached hydrogen (secondary N) is 1. The zero-order valence-electron chi connectivity index (χ0n) is 8.63. The maximum Gasteiger partial charge on any atom is 0.234 e. The molecule has 2 atom stereocenters. The van der Waals surface area contributed by atoms with Gasteiger partial charge in [0.1, 0.15) is 0 Å². The highest BCUT2D eigenvalue weighted by Crippen LogP contribution is 2.09. The van der Waals surface area contributed by atoms with Crippen LogP contribution in [0.5, 0.6) is 0 Å². The summed E-state index contributed by atoms with van der Waals surface area (Å²) < 4.78 is 0. The molecule has 0 aliphatic heterocycles. The second-order valence-corrected chi connectivity index (χ2v) is 3.75. The zero-order valence-corrected chi connectivity index (χ0v) is 8.63.